The third kappa shape index (κ3) is 1.03. The zero-order valence-electron chi connectivity index (χ0n) is 6.86. The maximum Gasteiger partial charge on any atom is 0.141 e. The molecule has 62 valence electrons. The topological polar surface area (TPSA) is 35.8 Å². The summed E-state index contributed by atoms with van der Waals surface area (Å²) in [4.78, 5) is 6.10. The van der Waals surface area contributed by atoms with Crippen LogP contribution in [0.2, 0.25) is 0 Å². The molecule has 0 fully saturated rings. The van der Waals surface area contributed by atoms with Gasteiger partial charge in [0.05, 0.1) is 6.34 Å². The van der Waals surface area contributed by atoms with Gasteiger partial charge in [-0.25, -0.2) is 4.99 Å². The molecule has 0 saturated heterocycles. The molecular formula is C9H10N2O. The van der Waals surface area contributed by atoms with Gasteiger partial charge in [0.1, 0.15) is 11.4 Å². The van der Waals surface area contributed by atoms with Crippen molar-refractivity contribution >= 4 is 12.0 Å². The van der Waals surface area contributed by atoms with Crippen molar-refractivity contribution in [2.45, 2.75) is 6.54 Å². The molecule has 0 aliphatic carbocycles. The molecule has 0 bridgehead atoms. The molecule has 1 aromatic rings. The normalized spacial score (nSPS) is 14.6. The summed E-state index contributed by atoms with van der Waals surface area (Å²) in [5.74, 6) is 0.261. The van der Waals surface area contributed by atoms with Crippen molar-refractivity contribution in [3.8, 4) is 5.75 Å². The molecule has 0 saturated carbocycles. The van der Waals surface area contributed by atoms with Crippen molar-refractivity contribution in [3.63, 3.8) is 0 Å². The average molecular weight is 162 g/mol. The Bertz CT molecular complexity index is 333. The van der Waals surface area contributed by atoms with Gasteiger partial charge in [0.25, 0.3) is 0 Å². The largest absolute Gasteiger partial charge is 0.506 e. The highest BCUT2D eigenvalue weighted by atomic mass is 16.3. The highest BCUT2D eigenvalue weighted by molar-refractivity contribution is 5.70. The van der Waals surface area contributed by atoms with Crippen LogP contribution < -0.4 is 0 Å². The van der Waals surface area contributed by atoms with Gasteiger partial charge in [-0.05, 0) is 6.07 Å². The van der Waals surface area contributed by atoms with Crippen LogP contribution in [0, 0.1) is 0 Å². The Labute approximate surface area is 71.0 Å². The van der Waals surface area contributed by atoms with Gasteiger partial charge < -0.3 is 10.0 Å². The van der Waals surface area contributed by atoms with E-state index in [1.807, 2.05) is 24.1 Å². The molecule has 0 unspecified atom stereocenters. The zero-order chi connectivity index (χ0) is 8.55. The minimum Gasteiger partial charge on any atom is -0.506 e. The number of phenolic OH excluding ortho intramolecular Hbond substituents is 1. The number of benzene rings is 1. The fourth-order valence-electron chi connectivity index (χ4n) is 1.32. The summed E-state index contributed by atoms with van der Waals surface area (Å²) < 4.78 is 0. The van der Waals surface area contributed by atoms with E-state index in [4.69, 9.17) is 0 Å². The summed E-state index contributed by atoms with van der Waals surface area (Å²) in [6, 6.07) is 5.46. The standard InChI is InChI=1S/C9H10N2O/c1-11-5-7-3-2-4-8(12)9(7)10-6-11/h2-4,6,12H,5H2,1H3. The van der Waals surface area contributed by atoms with Crippen LogP contribution in [0.3, 0.4) is 0 Å². The Hall–Kier alpha value is -1.51. The van der Waals surface area contributed by atoms with Gasteiger partial charge in [0, 0.05) is 19.2 Å². The third-order valence-electron chi connectivity index (χ3n) is 1.90. The summed E-state index contributed by atoms with van der Waals surface area (Å²) >= 11 is 0. The summed E-state index contributed by atoms with van der Waals surface area (Å²) in [5.41, 5.74) is 1.77. The molecule has 0 radical (unpaired) electrons. The van der Waals surface area contributed by atoms with E-state index in [1.54, 1.807) is 12.4 Å². The second kappa shape index (κ2) is 2.52. The van der Waals surface area contributed by atoms with Crippen LogP contribution in [0.1, 0.15) is 5.56 Å². The minimum atomic E-state index is 0.261. The first-order valence-corrected chi connectivity index (χ1v) is 3.82. The van der Waals surface area contributed by atoms with Crippen molar-refractivity contribution in [3.05, 3.63) is 23.8 Å². The van der Waals surface area contributed by atoms with Crippen molar-refractivity contribution in [2.75, 3.05) is 7.05 Å². The van der Waals surface area contributed by atoms with E-state index in [-0.39, 0.29) is 5.75 Å². The van der Waals surface area contributed by atoms with Crippen LogP contribution in [0.5, 0.6) is 5.75 Å². The molecule has 1 N–H and O–H groups in total. The molecule has 1 heterocycles. The van der Waals surface area contributed by atoms with Gasteiger partial charge >= 0.3 is 0 Å². The summed E-state index contributed by atoms with van der Waals surface area (Å²) in [7, 11) is 1.95. The number of hydrogen-bond acceptors (Lipinski definition) is 3. The van der Waals surface area contributed by atoms with Gasteiger partial charge in [0.15, 0.2) is 0 Å². The molecule has 0 spiro atoms. The number of aromatic hydroxyl groups is 1. The molecule has 3 heteroatoms. The molecule has 2 rings (SSSR count). The van der Waals surface area contributed by atoms with Crippen molar-refractivity contribution < 1.29 is 5.11 Å². The number of rotatable bonds is 0. The molecule has 12 heavy (non-hydrogen) atoms. The number of para-hydroxylation sites is 1. The Balaban J connectivity index is 2.53. The highest BCUT2D eigenvalue weighted by Crippen LogP contribution is 2.32. The van der Waals surface area contributed by atoms with Gasteiger partial charge in [-0.15, -0.1) is 0 Å². The Morgan fingerprint density at radius 2 is 2.33 bits per heavy atom. The molecule has 0 aromatic heterocycles. The molecule has 1 aliphatic rings. The van der Waals surface area contributed by atoms with Crippen molar-refractivity contribution in [1.82, 2.24) is 4.90 Å². The Morgan fingerprint density at radius 1 is 1.50 bits per heavy atom. The lowest BCUT2D eigenvalue weighted by atomic mass is 10.1. The number of hydrogen-bond donors (Lipinski definition) is 1. The predicted molar refractivity (Wildman–Crippen MR) is 47.7 cm³/mol. The van der Waals surface area contributed by atoms with E-state index in [1.165, 1.54) is 0 Å². The number of fused-ring (bicyclic) bond motifs is 1. The SMILES string of the molecule is CN1C=Nc2c(O)cccc2C1. The van der Waals surface area contributed by atoms with E-state index in [0.29, 0.717) is 5.69 Å². The number of nitrogens with zero attached hydrogens (tertiary/aromatic N) is 2. The Kier molecular flexibility index (Phi) is 1.50. The first-order valence-electron chi connectivity index (χ1n) is 3.82. The van der Waals surface area contributed by atoms with Crippen LogP contribution in [-0.4, -0.2) is 23.4 Å². The fraction of sp³-hybridized carbons (Fsp3) is 0.222. The summed E-state index contributed by atoms with van der Waals surface area (Å²) in [6.45, 7) is 0.813. The highest BCUT2D eigenvalue weighted by Gasteiger charge is 2.11. The molecular weight excluding hydrogens is 152 g/mol. The summed E-state index contributed by atoms with van der Waals surface area (Å²) in [5, 5.41) is 9.41. The molecule has 1 aromatic carbocycles. The van der Waals surface area contributed by atoms with Gasteiger partial charge in [-0.3, -0.25) is 0 Å². The van der Waals surface area contributed by atoms with Crippen LogP contribution in [0.4, 0.5) is 5.69 Å². The van der Waals surface area contributed by atoms with E-state index >= 15 is 0 Å². The van der Waals surface area contributed by atoms with Crippen molar-refractivity contribution in [1.29, 1.82) is 0 Å². The minimum absolute atomic E-state index is 0.261. The van der Waals surface area contributed by atoms with Crippen molar-refractivity contribution in [2.24, 2.45) is 4.99 Å². The maximum atomic E-state index is 9.41. The lowest BCUT2D eigenvalue weighted by Gasteiger charge is -2.19. The van der Waals surface area contributed by atoms with E-state index in [0.717, 1.165) is 12.1 Å². The van der Waals surface area contributed by atoms with E-state index < -0.39 is 0 Å². The predicted octanol–water partition coefficient (Wildman–Crippen LogP) is 1.50. The lowest BCUT2D eigenvalue weighted by Crippen LogP contribution is -2.18. The molecule has 1 aliphatic heterocycles. The van der Waals surface area contributed by atoms with Crippen LogP contribution in [0.25, 0.3) is 0 Å². The average Bonchev–Trinajstić information content (AvgIpc) is 2.04. The smallest absolute Gasteiger partial charge is 0.141 e. The second-order valence-electron chi connectivity index (χ2n) is 2.94. The van der Waals surface area contributed by atoms with E-state index in [2.05, 4.69) is 4.99 Å². The number of phenols is 1. The van der Waals surface area contributed by atoms with Crippen LogP contribution in [0.15, 0.2) is 23.2 Å². The molecule has 0 amide bonds. The maximum absolute atomic E-state index is 9.41. The van der Waals surface area contributed by atoms with Gasteiger partial charge in [-0.2, -0.15) is 0 Å². The monoisotopic (exact) mass is 162 g/mol. The fourth-order valence-corrected chi connectivity index (χ4v) is 1.32. The quantitative estimate of drug-likeness (QED) is 0.627. The van der Waals surface area contributed by atoms with Crippen LogP contribution in [-0.2, 0) is 6.54 Å². The summed E-state index contributed by atoms with van der Waals surface area (Å²) in [6.07, 6.45) is 1.72. The first-order chi connectivity index (χ1) is 5.77. The first kappa shape index (κ1) is 7.16. The van der Waals surface area contributed by atoms with Gasteiger partial charge in [0.2, 0.25) is 0 Å². The zero-order valence-corrected chi connectivity index (χ0v) is 6.86. The van der Waals surface area contributed by atoms with Gasteiger partial charge in [-0.1, -0.05) is 12.1 Å². The third-order valence-corrected chi connectivity index (χ3v) is 1.90. The van der Waals surface area contributed by atoms with E-state index in [9.17, 15) is 5.11 Å². The second-order valence-corrected chi connectivity index (χ2v) is 2.94. The molecule has 0 atom stereocenters. The lowest BCUT2D eigenvalue weighted by molar-refractivity contribution is 0.467. The van der Waals surface area contributed by atoms with Crippen LogP contribution >= 0.6 is 0 Å². The molecule has 3 nitrogen and oxygen atoms in total. The Morgan fingerprint density at radius 3 is 3.17 bits per heavy atom. The number of aliphatic imine (C=N–C) groups is 1.